The minimum Gasteiger partial charge on any atom is -0.352 e. The van der Waals surface area contributed by atoms with Crippen molar-refractivity contribution in [2.75, 3.05) is 23.0 Å². The SMILES string of the molecule is O=C(NC1CCS(=O)(=O)C1)C1CC(=O)N(c2ccc(F)c([N+](=O)[O-])c2)C1. The highest BCUT2D eigenvalue weighted by molar-refractivity contribution is 7.91. The second kappa shape index (κ2) is 6.63. The molecular weight excluding hydrogens is 369 g/mol. The summed E-state index contributed by atoms with van der Waals surface area (Å²) in [5.74, 6) is -2.65. The molecule has 140 valence electrons. The lowest BCUT2D eigenvalue weighted by Crippen LogP contribution is -2.40. The Morgan fingerprint density at radius 3 is 2.73 bits per heavy atom. The lowest BCUT2D eigenvalue weighted by molar-refractivity contribution is -0.387. The van der Waals surface area contributed by atoms with Gasteiger partial charge in [-0.3, -0.25) is 19.7 Å². The number of carbonyl (C=O) groups excluding carboxylic acids is 2. The normalized spacial score (nSPS) is 24.7. The summed E-state index contributed by atoms with van der Waals surface area (Å²) >= 11 is 0. The molecule has 2 atom stereocenters. The second-order valence-corrected chi connectivity index (χ2v) is 8.64. The van der Waals surface area contributed by atoms with E-state index in [1.54, 1.807) is 0 Å². The Labute approximate surface area is 148 Å². The van der Waals surface area contributed by atoms with Crippen LogP contribution >= 0.6 is 0 Å². The van der Waals surface area contributed by atoms with Gasteiger partial charge in [0.05, 0.1) is 28.0 Å². The lowest BCUT2D eigenvalue weighted by atomic mass is 10.1. The third-order valence-electron chi connectivity index (χ3n) is 4.51. The van der Waals surface area contributed by atoms with Crippen molar-refractivity contribution in [3.05, 3.63) is 34.1 Å². The van der Waals surface area contributed by atoms with E-state index in [1.165, 1.54) is 11.0 Å². The molecule has 1 aromatic rings. The maximum Gasteiger partial charge on any atom is 0.306 e. The van der Waals surface area contributed by atoms with Gasteiger partial charge >= 0.3 is 5.69 Å². The molecule has 2 amide bonds. The standard InChI is InChI=1S/C15H16FN3O6S/c16-12-2-1-11(6-13(12)19(22)23)18-7-9(5-14(18)20)15(21)17-10-3-4-26(24,25)8-10/h1-2,6,9-10H,3-5,7-8H2,(H,17,21). The number of halogens is 1. The van der Waals surface area contributed by atoms with Gasteiger partial charge in [0.2, 0.25) is 17.6 Å². The molecule has 0 aromatic heterocycles. The summed E-state index contributed by atoms with van der Waals surface area (Å²) in [6, 6.07) is 2.63. The first kappa shape index (κ1) is 18.2. The first-order valence-electron chi connectivity index (χ1n) is 7.91. The predicted octanol–water partition coefficient (Wildman–Crippen LogP) is 0.390. The number of nitrogens with one attached hydrogen (secondary N) is 1. The van der Waals surface area contributed by atoms with Crippen molar-refractivity contribution in [1.82, 2.24) is 5.32 Å². The molecule has 2 heterocycles. The van der Waals surface area contributed by atoms with Gasteiger partial charge in [-0.1, -0.05) is 0 Å². The Balaban J connectivity index is 1.70. The molecule has 0 radical (unpaired) electrons. The predicted molar refractivity (Wildman–Crippen MR) is 88.7 cm³/mol. The molecule has 11 heteroatoms. The molecule has 2 fully saturated rings. The average Bonchev–Trinajstić information content (AvgIpc) is 3.10. The topological polar surface area (TPSA) is 127 Å². The Morgan fingerprint density at radius 2 is 2.12 bits per heavy atom. The van der Waals surface area contributed by atoms with Crippen molar-refractivity contribution < 1.29 is 27.3 Å². The first-order chi connectivity index (χ1) is 12.2. The van der Waals surface area contributed by atoms with E-state index < -0.39 is 50.0 Å². The van der Waals surface area contributed by atoms with E-state index in [9.17, 15) is 32.5 Å². The maximum absolute atomic E-state index is 13.4. The summed E-state index contributed by atoms with van der Waals surface area (Å²) in [7, 11) is -3.14. The second-order valence-electron chi connectivity index (χ2n) is 6.41. The van der Waals surface area contributed by atoms with Crippen LogP contribution in [0.5, 0.6) is 0 Å². The molecular formula is C15H16FN3O6S. The minimum atomic E-state index is -3.14. The van der Waals surface area contributed by atoms with Crippen LogP contribution in [0.3, 0.4) is 0 Å². The van der Waals surface area contributed by atoms with Gasteiger partial charge in [0.25, 0.3) is 0 Å². The Kier molecular flexibility index (Phi) is 4.65. The zero-order chi connectivity index (χ0) is 19.1. The highest BCUT2D eigenvalue weighted by Crippen LogP contribution is 2.29. The van der Waals surface area contributed by atoms with Crippen LogP contribution in [0.1, 0.15) is 12.8 Å². The molecule has 2 aliphatic heterocycles. The van der Waals surface area contributed by atoms with Crippen LogP contribution in [0.15, 0.2) is 18.2 Å². The van der Waals surface area contributed by atoms with E-state index in [0.717, 1.165) is 12.1 Å². The van der Waals surface area contributed by atoms with Gasteiger partial charge in [-0.15, -0.1) is 0 Å². The number of nitro benzene ring substituents is 1. The van der Waals surface area contributed by atoms with Crippen LogP contribution in [0.2, 0.25) is 0 Å². The van der Waals surface area contributed by atoms with E-state index in [2.05, 4.69) is 5.32 Å². The van der Waals surface area contributed by atoms with Crippen molar-refractivity contribution in [3.8, 4) is 0 Å². The number of nitro groups is 1. The number of rotatable bonds is 4. The fourth-order valence-corrected chi connectivity index (χ4v) is 4.84. The van der Waals surface area contributed by atoms with E-state index in [0.29, 0.717) is 6.42 Å². The lowest BCUT2D eigenvalue weighted by Gasteiger charge is -2.17. The van der Waals surface area contributed by atoms with Gasteiger partial charge in [-0.2, -0.15) is 4.39 Å². The summed E-state index contributed by atoms with van der Waals surface area (Å²) < 4.78 is 36.3. The van der Waals surface area contributed by atoms with E-state index in [-0.39, 0.29) is 30.2 Å². The van der Waals surface area contributed by atoms with Gasteiger partial charge in [0.15, 0.2) is 9.84 Å². The van der Waals surface area contributed by atoms with Gasteiger partial charge in [0.1, 0.15) is 0 Å². The number of amides is 2. The van der Waals surface area contributed by atoms with Crippen LogP contribution in [0.25, 0.3) is 0 Å². The molecule has 1 N–H and O–H groups in total. The number of benzene rings is 1. The molecule has 9 nitrogen and oxygen atoms in total. The molecule has 0 spiro atoms. The summed E-state index contributed by atoms with van der Waals surface area (Å²) in [6.07, 6.45) is 0.235. The van der Waals surface area contributed by atoms with Crippen LogP contribution in [-0.2, 0) is 19.4 Å². The Hall–Kier alpha value is -2.56. The Morgan fingerprint density at radius 1 is 1.38 bits per heavy atom. The number of hydrogen-bond donors (Lipinski definition) is 1. The van der Waals surface area contributed by atoms with E-state index >= 15 is 0 Å². The van der Waals surface area contributed by atoms with Crippen molar-refractivity contribution in [2.45, 2.75) is 18.9 Å². The van der Waals surface area contributed by atoms with Crippen LogP contribution in [0.4, 0.5) is 15.8 Å². The van der Waals surface area contributed by atoms with Crippen molar-refractivity contribution in [3.63, 3.8) is 0 Å². The molecule has 2 saturated heterocycles. The zero-order valence-corrected chi connectivity index (χ0v) is 14.4. The zero-order valence-electron chi connectivity index (χ0n) is 13.6. The molecule has 26 heavy (non-hydrogen) atoms. The molecule has 0 aliphatic carbocycles. The fourth-order valence-electron chi connectivity index (χ4n) is 3.17. The molecule has 2 aliphatic rings. The van der Waals surface area contributed by atoms with Crippen molar-refractivity contribution in [1.29, 1.82) is 0 Å². The highest BCUT2D eigenvalue weighted by atomic mass is 32.2. The van der Waals surface area contributed by atoms with E-state index in [1.807, 2.05) is 0 Å². The summed E-state index contributed by atoms with van der Waals surface area (Å²) in [6.45, 7) is -0.00702. The van der Waals surface area contributed by atoms with Crippen molar-refractivity contribution in [2.24, 2.45) is 5.92 Å². The van der Waals surface area contributed by atoms with Crippen LogP contribution < -0.4 is 10.2 Å². The largest absolute Gasteiger partial charge is 0.352 e. The highest BCUT2D eigenvalue weighted by Gasteiger charge is 2.38. The van der Waals surface area contributed by atoms with E-state index in [4.69, 9.17) is 0 Å². The van der Waals surface area contributed by atoms with Gasteiger partial charge in [0, 0.05) is 25.1 Å². The molecule has 0 bridgehead atoms. The quantitative estimate of drug-likeness (QED) is 0.590. The summed E-state index contributed by atoms with van der Waals surface area (Å²) in [5.41, 5.74) is -0.610. The van der Waals surface area contributed by atoms with Crippen LogP contribution in [0, 0.1) is 21.8 Å². The summed E-state index contributed by atoms with van der Waals surface area (Å²) in [4.78, 5) is 35.6. The van der Waals surface area contributed by atoms with Gasteiger partial charge in [-0.25, -0.2) is 8.42 Å². The fraction of sp³-hybridized carbons (Fsp3) is 0.467. The number of sulfone groups is 1. The molecule has 3 rings (SSSR count). The molecule has 2 unspecified atom stereocenters. The molecule has 0 saturated carbocycles. The van der Waals surface area contributed by atoms with Gasteiger partial charge in [-0.05, 0) is 18.6 Å². The monoisotopic (exact) mass is 385 g/mol. The van der Waals surface area contributed by atoms with Crippen molar-refractivity contribution >= 4 is 33.0 Å². The number of carbonyl (C=O) groups is 2. The Bertz CT molecular complexity index is 887. The van der Waals surface area contributed by atoms with Gasteiger partial charge < -0.3 is 10.2 Å². The smallest absolute Gasteiger partial charge is 0.306 e. The number of anilines is 1. The third-order valence-corrected chi connectivity index (χ3v) is 6.28. The third kappa shape index (κ3) is 3.66. The average molecular weight is 385 g/mol. The number of hydrogen-bond acceptors (Lipinski definition) is 6. The number of nitrogens with zero attached hydrogens (tertiary/aromatic N) is 2. The minimum absolute atomic E-state index is 0.00702. The summed E-state index contributed by atoms with van der Waals surface area (Å²) in [5, 5.41) is 13.5. The van der Waals surface area contributed by atoms with Crippen LogP contribution in [-0.4, -0.2) is 49.2 Å². The molecule has 1 aromatic carbocycles. The first-order valence-corrected chi connectivity index (χ1v) is 9.73. The maximum atomic E-state index is 13.4.